The van der Waals surface area contributed by atoms with Crippen molar-refractivity contribution in [2.45, 2.75) is 35.3 Å². The molecule has 1 saturated heterocycles. The van der Waals surface area contributed by atoms with Gasteiger partial charge in [-0.05, 0) is 77.4 Å². The number of carbonyl (C=O) groups is 1. The Morgan fingerprint density at radius 1 is 0.919 bits per heavy atom. The summed E-state index contributed by atoms with van der Waals surface area (Å²) in [5.41, 5.74) is 9.39. The molecule has 5 nitrogen and oxygen atoms in total. The van der Waals surface area contributed by atoms with E-state index in [4.69, 9.17) is 15.2 Å². The molecule has 1 amide bonds. The molecule has 4 aromatic carbocycles. The smallest absolute Gasteiger partial charge is 0.236 e. The maximum absolute atomic E-state index is 13.2. The summed E-state index contributed by atoms with van der Waals surface area (Å²) in [6.07, 6.45) is 2.52. The molecule has 1 unspecified atom stereocenters. The molecule has 1 fully saturated rings. The predicted molar refractivity (Wildman–Crippen MR) is 148 cm³/mol. The van der Waals surface area contributed by atoms with Gasteiger partial charge in [-0.3, -0.25) is 9.00 Å². The summed E-state index contributed by atoms with van der Waals surface area (Å²) in [6.45, 7) is 1.35. The van der Waals surface area contributed by atoms with Crippen molar-refractivity contribution in [3.05, 3.63) is 96.6 Å². The van der Waals surface area contributed by atoms with Crippen molar-refractivity contribution in [3.63, 3.8) is 0 Å². The van der Waals surface area contributed by atoms with Crippen molar-refractivity contribution in [2.24, 2.45) is 5.73 Å². The van der Waals surface area contributed by atoms with Gasteiger partial charge in [0.1, 0.15) is 10.5 Å². The fraction of sp³-hybridized carbons (Fsp3) is 0.258. The van der Waals surface area contributed by atoms with Crippen LogP contribution in [-0.4, -0.2) is 34.7 Å². The van der Waals surface area contributed by atoms with E-state index in [1.165, 1.54) is 27.5 Å². The number of benzene rings is 4. The highest BCUT2D eigenvalue weighted by Crippen LogP contribution is 2.32. The summed E-state index contributed by atoms with van der Waals surface area (Å²) in [5, 5.41) is 2.50. The standard InChI is InChI=1S/C31H31NO4S/c32-30(33)31(17-20-35-21-18-31)37(34)27-15-13-26(14-16-27)36-19-5-7-23-6-3-10-25(22-23)29-12-4-9-24-8-1-2-11-28(24)29/h1-4,6,8-16,22H,5,7,17-21H2,(H2,32,33). The van der Waals surface area contributed by atoms with Gasteiger partial charge < -0.3 is 15.2 Å². The third kappa shape index (κ3) is 5.45. The molecule has 5 rings (SSSR count). The maximum Gasteiger partial charge on any atom is 0.236 e. The van der Waals surface area contributed by atoms with Crippen molar-refractivity contribution in [3.8, 4) is 16.9 Å². The maximum atomic E-state index is 13.2. The lowest BCUT2D eigenvalue weighted by Crippen LogP contribution is -2.51. The zero-order chi connectivity index (χ0) is 25.7. The van der Waals surface area contributed by atoms with Crippen LogP contribution >= 0.6 is 0 Å². The number of rotatable bonds is 9. The van der Waals surface area contributed by atoms with Gasteiger partial charge in [0.05, 0.1) is 17.4 Å². The third-order valence-corrected chi connectivity index (χ3v) is 9.07. The fourth-order valence-electron chi connectivity index (χ4n) is 4.95. The Balaban J connectivity index is 1.18. The van der Waals surface area contributed by atoms with E-state index in [-0.39, 0.29) is 0 Å². The van der Waals surface area contributed by atoms with Crippen LogP contribution in [0.5, 0.6) is 5.75 Å². The number of hydrogen-bond donors (Lipinski definition) is 1. The summed E-state index contributed by atoms with van der Waals surface area (Å²) >= 11 is 0. The molecule has 0 aliphatic carbocycles. The van der Waals surface area contributed by atoms with Gasteiger partial charge in [0.2, 0.25) is 5.91 Å². The molecule has 1 heterocycles. The van der Waals surface area contributed by atoms with Crippen LogP contribution in [0.1, 0.15) is 24.8 Å². The van der Waals surface area contributed by atoms with Crippen molar-refractivity contribution >= 4 is 27.5 Å². The van der Waals surface area contributed by atoms with Crippen LogP contribution < -0.4 is 10.5 Å². The minimum absolute atomic E-state index is 0.370. The first-order valence-electron chi connectivity index (χ1n) is 12.7. The molecular formula is C31H31NO4S. The van der Waals surface area contributed by atoms with Crippen LogP contribution in [0.25, 0.3) is 21.9 Å². The Morgan fingerprint density at radius 3 is 2.43 bits per heavy atom. The van der Waals surface area contributed by atoms with Crippen LogP contribution in [0.15, 0.2) is 95.9 Å². The number of amides is 1. The number of hydrogen-bond acceptors (Lipinski definition) is 4. The molecule has 0 bridgehead atoms. The summed E-state index contributed by atoms with van der Waals surface area (Å²) in [5.74, 6) is 0.185. The average Bonchev–Trinajstić information content (AvgIpc) is 2.95. The number of carbonyl (C=O) groups excluding carboxylic acids is 1. The average molecular weight is 514 g/mol. The van der Waals surface area contributed by atoms with Crippen LogP contribution in [0.4, 0.5) is 0 Å². The number of nitrogens with two attached hydrogens (primary N) is 1. The van der Waals surface area contributed by atoms with Gasteiger partial charge in [0, 0.05) is 18.1 Å². The summed E-state index contributed by atoms with van der Waals surface area (Å²) in [6, 6.07) is 30.7. The Morgan fingerprint density at radius 2 is 1.65 bits per heavy atom. The normalized spacial score (nSPS) is 15.8. The van der Waals surface area contributed by atoms with E-state index in [0.29, 0.717) is 43.3 Å². The van der Waals surface area contributed by atoms with Gasteiger partial charge in [-0.25, -0.2) is 0 Å². The predicted octanol–water partition coefficient (Wildman–Crippen LogP) is 5.66. The molecule has 2 N–H and O–H groups in total. The number of ether oxygens (including phenoxy) is 2. The number of fused-ring (bicyclic) bond motifs is 1. The number of primary amides is 1. The van der Waals surface area contributed by atoms with Gasteiger partial charge >= 0.3 is 0 Å². The molecule has 1 atom stereocenters. The van der Waals surface area contributed by atoms with E-state index in [9.17, 15) is 9.00 Å². The van der Waals surface area contributed by atoms with Crippen LogP contribution in [0, 0.1) is 0 Å². The van der Waals surface area contributed by atoms with Crippen LogP contribution in [-0.2, 0) is 26.8 Å². The minimum atomic E-state index is -1.54. The summed E-state index contributed by atoms with van der Waals surface area (Å²) < 4.78 is 23.4. The molecule has 0 saturated carbocycles. The van der Waals surface area contributed by atoms with Gasteiger partial charge in [-0.1, -0.05) is 66.7 Å². The minimum Gasteiger partial charge on any atom is -0.494 e. The molecule has 1 aliphatic heterocycles. The Bertz CT molecular complexity index is 1410. The third-order valence-electron chi connectivity index (χ3n) is 7.05. The molecular weight excluding hydrogens is 482 g/mol. The second-order valence-electron chi connectivity index (χ2n) is 9.39. The van der Waals surface area contributed by atoms with Crippen LogP contribution in [0.3, 0.4) is 0 Å². The van der Waals surface area contributed by atoms with E-state index in [0.717, 1.165) is 12.8 Å². The van der Waals surface area contributed by atoms with Crippen molar-refractivity contribution < 1.29 is 18.5 Å². The highest BCUT2D eigenvalue weighted by atomic mass is 32.2. The fourth-order valence-corrected chi connectivity index (χ4v) is 6.50. The first kappa shape index (κ1) is 25.2. The topological polar surface area (TPSA) is 78.6 Å². The van der Waals surface area contributed by atoms with E-state index < -0.39 is 21.5 Å². The SMILES string of the molecule is NC(=O)C1(S(=O)c2ccc(OCCCc3cccc(-c4cccc5ccccc45)c3)cc2)CCOCC1. The molecule has 0 radical (unpaired) electrons. The Kier molecular flexibility index (Phi) is 7.68. The second kappa shape index (κ2) is 11.3. The zero-order valence-corrected chi connectivity index (χ0v) is 21.5. The lowest BCUT2D eigenvalue weighted by molar-refractivity contribution is -0.122. The largest absolute Gasteiger partial charge is 0.494 e. The second-order valence-corrected chi connectivity index (χ2v) is 11.2. The number of aryl methyl sites for hydroxylation is 1. The first-order chi connectivity index (χ1) is 18.1. The van der Waals surface area contributed by atoms with Crippen LogP contribution in [0.2, 0.25) is 0 Å². The van der Waals surface area contributed by atoms with Gasteiger partial charge in [-0.2, -0.15) is 0 Å². The highest BCUT2D eigenvalue weighted by Gasteiger charge is 2.45. The monoisotopic (exact) mass is 513 g/mol. The van der Waals surface area contributed by atoms with E-state index in [1.807, 2.05) is 12.1 Å². The zero-order valence-electron chi connectivity index (χ0n) is 20.7. The van der Waals surface area contributed by atoms with Crippen molar-refractivity contribution in [1.29, 1.82) is 0 Å². The molecule has 1 aliphatic rings. The van der Waals surface area contributed by atoms with Gasteiger partial charge in [-0.15, -0.1) is 0 Å². The van der Waals surface area contributed by atoms with Gasteiger partial charge in [0.15, 0.2) is 0 Å². The lowest BCUT2D eigenvalue weighted by Gasteiger charge is -2.33. The highest BCUT2D eigenvalue weighted by molar-refractivity contribution is 7.87. The van der Waals surface area contributed by atoms with Crippen molar-refractivity contribution in [1.82, 2.24) is 0 Å². The van der Waals surface area contributed by atoms with Gasteiger partial charge in [0.25, 0.3) is 0 Å². The Labute approximate surface area is 220 Å². The van der Waals surface area contributed by atoms with E-state index in [1.54, 1.807) is 12.1 Å². The first-order valence-corrected chi connectivity index (χ1v) is 13.8. The summed E-state index contributed by atoms with van der Waals surface area (Å²) in [4.78, 5) is 12.7. The molecule has 0 aromatic heterocycles. The quantitative estimate of drug-likeness (QED) is 0.293. The molecule has 0 spiro atoms. The lowest BCUT2D eigenvalue weighted by atomic mass is 9.96. The van der Waals surface area contributed by atoms with E-state index >= 15 is 0 Å². The molecule has 37 heavy (non-hydrogen) atoms. The molecule has 190 valence electrons. The summed E-state index contributed by atoms with van der Waals surface area (Å²) in [7, 11) is -1.54. The molecule has 6 heteroatoms. The Hall–Kier alpha value is -3.48. The van der Waals surface area contributed by atoms with E-state index in [2.05, 4.69) is 66.7 Å². The molecule has 4 aromatic rings. The van der Waals surface area contributed by atoms with Crippen molar-refractivity contribution in [2.75, 3.05) is 19.8 Å².